The number of hydrogen-bond acceptors (Lipinski definition) is 4. The Bertz CT molecular complexity index is 923. The number of nitrogens with zero attached hydrogens (tertiary/aromatic N) is 1. The number of hydrogen-bond donors (Lipinski definition) is 1. The smallest absolute Gasteiger partial charge is 0.267 e. The highest BCUT2D eigenvalue weighted by atomic mass is 35.5. The summed E-state index contributed by atoms with van der Waals surface area (Å²) < 4.78 is 5.31. The highest BCUT2D eigenvalue weighted by Crippen LogP contribution is 2.33. The Morgan fingerprint density at radius 2 is 1.92 bits per heavy atom. The molecule has 1 heterocycles. The lowest BCUT2D eigenvalue weighted by molar-refractivity contribution is 0.102. The number of thiazole rings is 1. The molecule has 0 saturated carbocycles. The van der Waals surface area contributed by atoms with Crippen LogP contribution in [0.2, 0.25) is 5.02 Å². The van der Waals surface area contributed by atoms with E-state index in [9.17, 15) is 4.79 Å². The van der Waals surface area contributed by atoms with Gasteiger partial charge in [-0.05, 0) is 25.5 Å². The maximum Gasteiger partial charge on any atom is 0.267 e. The van der Waals surface area contributed by atoms with E-state index < -0.39 is 0 Å². The first kappa shape index (κ1) is 17.5. The number of methoxy groups -OCH3 is 1. The van der Waals surface area contributed by atoms with Gasteiger partial charge in [0.2, 0.25) is 0 Å². The van der Waals surface area contributed by atoms with Crippen LogP contribution in [0.4, 0.5) is 5.69 Å². The first-order valence-electron chi connectivity index (χ1n) is 7.68. The molecule has 0 bridgehead atoms. The number of halogens is 1. The van der Waals surface area contributed by atoms with Gasteiger partial charge in [-0.15, -0.1) is 11.3 Å². The Morgan fingerprint density at radius 3 is 2.60 bits per heavy atom. The summed E-state index contributed by atoms with van der Waals surface area (Å²) in [6.07, 6.45) is 0. The lowest BCUT2D eigenvalue weighted by Crippen LogP contribution is -2.12. The molecule has 0 aliphatic rings. The molecule has 3 aromatic rings. The van der Waals surface area contributed by atoms with Crippen LogP contribution in [0.5, 0.6) is 5.75 Å². The standard InChI is InChI=1S/C19H17ClN2O2S/c1-11-9-15(16(24-3)10-14(11)20)22-18(23)17-12(2)21-19(25-17)13-7-5-4-6-8-13/h4-10H,1-3H3,(H,22,23). The number of ether oxygens (including phenoxy) is 1. The maximum atomic E-state index is 12.7. The predicted octanol–water partition coefficient (Wildman–Crippen LogP) is 5.34. The number of rotatable bonds is 4. The van der Waals surface area contributed by atoms with Gasteiger partial charge in [0.05, 0.1) is 18.5 Å². The van der Waals surface area contributed by atoms with E-state index in [0.29, 0.717) is 27.0 Å². The van der Waals surface area contributed by atoms with Crippen molar-refractivity contribution >= 4 is 34.5 Å². The third kappa shape index (κ3) is 3.67. The number of anilines is 1. The molecule has 0 aliphatic heterocycles. The summed E-state index contributed by atoms with van der Waals surface area (Å²) in [5, 5.41) is 4.31. The van der Waals surface area contributed by atoms with Gasteiger partial charge in [0.15, 0.2) is 0 Å². The molecule has 0 atom stereocenters. The summed E-state index contributed by atoms with van der Waals surface area (Å²) in [6.45, 7) is 3.71. The molecule has 0 aliphatic carbocycles. The normalized spacial score (nSPS) is 10.6. The molecular weight excluding hydrogens is 356 g/mol. The zero-order valence-electron chi connectivity index (χ0n) is 14.1. The summed E-state index contributed by atoms with van der Waals surface area (Å²) in [7, 11) is 1.54. The van der Waals surface area contributed by atoms with Crippen molar-refractivity contribution in [3.05, 3.63) is 63.6 Å². The van der Waals surface area contributed by atoms with Crippen LogP contribution in [-0.4, -0.2) is 18.0 Å². The van der Waals surface area contributed by atoms with E-state index in [-0.39, 0.29) is 5.91 Å². The Kier molecular flexibility index (Phi) is 5.06. The average Bonchev–Trinajstić information content (AvgIpc) is 3.00. The number of nitrogens with one attached hydrogen (secondary N) is 1. The molecule has 0 radical (unpaired) electrons. The minimum absolute atomic E-state index is 0.211. The van der Waals surface area contributed by atoms with Crippen molar-refractivity contribution in [1.82, 2.24) is 4.98 Å². The quantitative estimate of drug-likeness (QED) is 0.672. The fraction of sp³-hybridized carbons (Fsp3) is 0.158. The van der Waals surface area contributed by atoms with E-state index in [1.54, 1.807) is 19.2 Å². The molecule has 2 aromatic carbocycles. The van der Waals surface area contributed by atoms with Crippen LogP contribution in [0.1, 0.15) is 20.9 Å². The summed E-state index contributed by atoms with van der Waals surface area (Å²) in [4.78, 5) is 17.8. The molecular formula is C19H17ClN2O2S. The van der Waals surface area contributed by atoms with Crippen molar-refractivity contribution in [2.45, 2.75) is 13.8 Å². The molecule has 3 rings (SSSR count). The average molecular weight is 373 g/mol. The minimum Gasteiger partial charge on any atom is -0.495 e. The first-order chi connectivity index (χ1) is 12.0. The van der Waals surface area contributed by atoms with E-state index in [1.807, 2.05) is 44.2 Å². The monoisotopic (exact) mass is 372 g/mol. The molecule has 1 N–H and O–H groups in total. The fourth-order valence-corrected chi connectivity index (χ4v) is 3.54. The van der Waals surface area contributed by atoms with Gasteiger partial charge in [0, 0.05) is 16.7 Å². The van der Waals surface area contributed by atoms with E-state index in [2.05, 4.69) is 10.3 Å². The zero-order chi connectivity index (χ0) is 18.0. The minimum atomic E-state index is -0.211. The van der Waals surface area contributed by atoms with Crippen LogP contribution in [0, 0.1) is 13.8 Å². The third-order valence-corrected chi connectivity index (χ3v) is 5.36. The lowest BCUT2D eigenvalue weighted by atomic mass is 10.2. The topological polar surface area (TPSA) is 51.2 Å². The summed E-state index contributed by atoms with van der Waals surface area (Å²) in [5.74, 6) is 0.312. The van der Waals surface area contributed by atoms with Crippen molar-refractivity contribution in [1.29, 1.82) is 0 Å². The maximum absolute atomic E-state index is 12.7. The predicted molar refractivity (Wildman–Crippen MR) is 103 cm³/mol. The zero-order valence-corrected chi connectivity index (χ0v) is 15.7. The van der Waals surface area contributed by atoms with Crippen LogP contribution < -0.4 is 10.1 Å². The molecule has 0 saturated heterocycles. The van der Waals surface area contributed by atoms with Crippen LogP contribution in [0.3, 0.4) is 0 Å². The van der Waals surface area contributed by atoms with Crippen molar-refractivity contribution in [2.75, 3.05) is 12.4 Å². The largest absolute Gasteiger partial charge is 0.495 e. The number of carbonyl (C=O) groups is 1. The summed E-state index contributed by atoms with van der Waals surface area (Å²) >= 11 is 7.48. The molecule has 128 valence electrons. The molecule has 0 spiro atoms. The van der Waals surface area contributed by atoms with E-state index in [0.717, 1.165) is 16.1 Å². The summed E-state index contributed by atoms with van der Waals surface area (Å²) in [6, 6.07) is 13.3. The molecule has 6 heteroatoms. The highest BCUT2D eigenvalue weighted by molar-refractivity contribution is 7.17. The third-order valence-electron chi connectivity index (χ3n) is 3.75. The molecule has 25 heavy (non-hydrogen) atoms. The molecule has 0 fully saturated rings. The van der Waals surface area contributed by atoms with E-state index >= 15 is 0 Å². The molecule has 4 nitrogen and oxygen atoms in total. The van der Waals surface area contributed by atoms with Gasteiger partial charge in [-0.25, -0.2) is 4.98 Å². The second kappa shape index (κ2) is 7.25. The Hall–Kier alpha value is -2.37. The van der Waals surface area contributed by atoms with Crippen LogP contribution in [-0.2, 0) is 0 Å². The van der Waals surface area contributed by atoms with Gasteiger partial charge >= 0.3 is 0 Å². The summed E-state index contributed by atoms with van der Waals surface area (Å²) in [5.41, 5.74) is 3.15. The van der Waals surface area contributed by atoms with Gasteiger partial charge < -0.3 is 10.1 Å². The molecule has 1 aromatic heterocycles. The number of carbonyl (C=O) groups excluding carboxylic acids is 1. The first-order valence-corrected chi connectivity index (χ1v) is 8.87. The van der Waals surface area contributed by atoms with Gasteiger partial charge in [0.25, 0.3) is 5.91 Å². The molecule has 1 amide bonds. The van der Waals surface area contributed by atoms with Crippen molar-refractivity contribution < 1.29 is 9.53 Å². The van der Waals surface area contributed by atoms with Crippen molar-refractivity contribution in [3.8, 4) is 16.3 Å². The van der Waals surface area contributed by atoms with Gasteiger partial charge in [-0.1, -0.05) is 41.9 Å². The lowest BCUT2D eigenvalue weighted by Gasteiger charge is -2.11. The van der Waals surface area contributed by atoms with Crippen molar-refractivity contribution in [2.24, 2.45) is 0 Å². The van der Waals surface area contributed by atoms with Crippen molar-refractivity contribution in [3.63, 3.8) is 0 Å². The highest BCUT2D eigenvalue weighted by Gasteiger charge is 2.18. The van der Waals surface area contributed by atoms with Gasteiger partial charge in [-0.3, -0.25) is 4.79 Å². The van der Waals surface area contributed by atoms with Crippen LogP contribution in [0.25, 0.3) is 10.6 Å². The van der Waals surface area contributed by atoms with E-state index in [4.69, 9.17) is 16.3 Å². The van der Waals surface area contributed by atoms with Gasteiger partial charge in [-0.2, -0.15) is 0 Å². The second-order valence-corrected chi connectivity index (χ2v) is 6.96. The Balaban J connectivity index is 1.90. The SMILES string of the molecule is COc1cc(Cl)c(C)cc1NC(=O)c1sc(-c2ccccc2)nc1C. The fourth-order valence-electron chi connectivity index (χ4n) is 2.42. The van der Waals surface area contributed by atoms with Crippen LogP contribution >= 0.6 is 22.9 Å². The van der Waals surface area contributed by atoms with Gasteiger partial charge in [0.1, 0.15) is 15.6 Å². The number of aromatic nitrogens is 1. The number of benzene rings is 2. The number of aryl methyl sites for hydroxylation is 2. The Morgan fingerprint density at radius 1 is 1.20 bits per heavy atom. The van der Waals surface area contributed by atoms with E-state index in [1.165, 1.54) is 11.3 Å². The Labute approximate surface area is 155 Å². The molecule has 0 unspecified atom stereocenters. The number of amides is 1. The van der Waals surface area contributed by atoms with Crippen LogP contribution in [0.15, 0.2) is 42.5 Å². The second-order valence-electron chi connectivity index (χ2n) is 5.56.